The molecule has 1 saturated heterocycles. The minimum Gasteiger partial charge on any atom is -0.493 e. The first-order chi connectivity index (χ1) is 16.5. The van der Waals surface area contributed by atoms with Gasteiger partial charge in [0, 0.05) is 45.8 Å². The number of aromatic nitrogens is 3. The number of aromatic amines is 1. The molecule has 2 aromatic carbocycles. The molecule has 0 bridgehead atoms. The third kappa shape index (κ3) is 3.70. The first-order valence-corrected chi connectivity index (χ1v) is 12.2. The summed E-state index contributed by atoms with van der Waals surface area (Å²) in [6.45, 7) is 2.31. The van der Waals surface area contributed by atoms with Gasteiger partial charge in [-0.05, 0) is 61.8 Å². The second-order valence-corrected chi connectivity index (χ2v) is 10.1. The number of ketones is 1. The van der Waals surface area contributed by atoms with Crippen molar-refractivity contribution in [3.8, 4) is 16.9 Å². The monoisotopic (exact) mass is 494 g/mol. The maximum atomic E-state index is 13.8. The van der Waals surface area contributed by atoms with Crippen molar-refractivity contribution in [1.29, 1.82) is 0 Å². The van der Waals surface area contributed by atoms with Crippen LogP contribution in [-0.2, 0) is 13.0 Å². The van der Waals surface area contributed by atoms with E-state index in [4.69, 9.17) is 27.9 Å². The van der Waals surface area contributed by atoms with Gasteiger partial charge in [-0.3, -0.25) is 9.89 Å². The van der Waals surface area contributed by atoms with Gasteiger partial charge in [0.25, 0.3) is 0 Å². The van der Waals surface area contributed by atoms with Gasteiger partial charge in [0.05, 0.1) is 18.7 Å². The molecule has 0 saturated carbocycles. The van der Waals surface area contributed by atoms with Gasteiger partial charge in [-0.1, -0.05) is 35.3 Å². The molecule has 4 aromatic rings. The first-order valence-electron chi connectivity index (χ1n) is 11.5. The normalized spacial score (nSPS) is 20.1. The standard InChI is InChI=1S/C26H24Cl2N4O2/c1-31-7-6-19(31)12-32-13-22(20-4-2-15(10-23(20)32)21-11-29-30-26(21)28)25(33)17-8-16-9-18(27)3-5-24(16)34-14-17/h2-5,9-11,13,17,19H,6-8,12,14H2,1H3,(H,29,30). The zero-order chi connectivity index (χ0) is 23.4. The molecule has 0 aliphatic carbocycles. The van der Waals surface area contributed by atoms with E-state index < -0.39 is 0 Å². The van der Waals surface area contributed by atoms with Gasteiger partial charge < -0.3 is 14.2 Å². The second-order valence-electron chi connectivity index (χ2n) is 9.28. The van der Waals surface area contributed by atoms with Crippen molar-refractivity contribution < 1.29 is 9.53 Å². The van der Waals surface area contributed by atoms with E-state index in [-0.39, 0.29) is 11.7 Å². The quantitative estimate of drug-likeness (QED) is 0.373. The molecule has 6 rings (SSSR count). The number of hydrogen-bond donors (Lipinski definition) is 1. The van der Waals surface area contributed by atoms with Crippen molar-refractivity contribution in [2.24, 2.45) is 5.92 Å². The minimum absolute atomic E-state index is 0.102. The molecule has 174 valence electrons. The number of ether oxygens (including phenoxy) is 1. The van der Waals surface area contributed by atoms with E-state index in [1.54, 1.807) is 6.20 Å². The lowest BCUT2D eigenvalue weighted by atomic mass is 9.89. The summed E-state index contributed by atoms with van der Waals surface area (Å²) in [5.41, 5.74) is 4.56. The number of H-pyrrole nitrogens is 1. The maximum Gasteiger partial charge on any atom is 0.171 e. The third-order valence-electron chi connectivity index (χ3n) is 7.20. The predicted molar refractivity (Wildman–Crippen MR) is 134 cm³/mol. The van der Waals surface area contributed by atoms with Gasteiger partial charge in [-0.15, -0.1) is 0 Å². The van der Waals surface area contributed by atoms with Gasteiger partial charge in [0.1, 0.15) is 10.9 Å². The molecular formula is C26H24Cl2N4O2. The van der Waals surface area contributed by atoms with Gasteiger partial charge in [-0.25, -0.2) is 0 Å². The Morgan fingerprint density at radius 3 is 2.85 bits per heavy atom. The lowest BCUT2D eigenvalue weighted by molar-refractivity contribution is 0.0856. The van der Waals surface area contributed by atoms with Crippen LogP contribution in [0.4, 0.5) is 0 Å². The Morgan fingerprint density at radius 2 is 2.12 bits per heavy atom. The van der Waals surface area contributed by atoms with Crippen molar-refractivity contribution in [1.82, 2.24) is 19.7 Å². The largest absolute Gasteiger partial charge is 0.493 e. The number of likely N-dealkylation sites (N-methyl/N-ethyl adjacent to an activating group) is 1. The number of hydrogen-bond acceptors (Lipinski definition) is 4. The second kappa shape index (κ2) is 8.45. The van der Waals surface area contributed by atoms with Crippen LogP contribution >= 0.6 is 23.2 Å². The average Bonchev–Trinajstić information content (AvgIpc) is 3.43. The Kier molecular flexibility index (Phi) is 5.40. The van der Waals surface area contributed by atoms with Crippen molar-refractivity contribution >= 4 is 39.9 Å². The summed E-state index contributed by atoms with van der Waals surface area (Å²) >= 11 is 12.5. The smallest absolute Gasteiger partial charge is 0.171 e. The number of carbonyl (C=O) groups is 1. The number of benzene rings is 2. The van der Waals surface area contributed by atoms with Crippen LogP contribution in [0.3, 0.4) is 0 Å². The van der Waals surface area contributed by atoms with Crippen LogP contribution in [0.25, 0.3) is 22.0 Å². The SMILES string of the molecule is CN1CCC1Cn1cc(C(=O)C2COc3ccc(Cl)cc3C2)c2ccc(-c3cn[nH]c3Cl)cc21. The van der Waals surface area contributed by atoms with E-state index in [9.17, 15) is 4.79 Å². The van der Waals surface area contributed by atoms with E-state index >= 15 is 0 Å². The molecule has 8 heteroatoms. The maximum absolute atomic E-state index is 13.8. The lowest BCUT2D eigenvalue weighted by Gasteiger charge is -2.38. The molecule has 4 heterocycles. The van der Waals surface area contributed by atoms with Crippen molar-refractivity contribution in [2.45, 2.75) is 25.4 Å². The molecular weight excluding hydrogens is 471 g/mol. The zero-order valence-corrected chi connectivity index (χ0v) is 20.2. The molecule has 2 unspecified atom stereocenters. The van der Waals surface area contributed by atoms with Crippen molar-refractivity contribution in [2.75, 3.05) is 20.2 Å². The lowest BCUT2D eigenvalue weighted by Crippen LogP contribution is -2.46. The highest BCUT2D eigenvalue weighted by atomic mass is 35.5. The van der Waals surface area contributed by atoms with Crippen LogP contribution in [0.2, 0.25) is 10.2 Å². The summed E-state index contributed by atoms with van der Waals surface area (Å²) in [5, 5.41) is 8.95. The molecule has 2 aliphatic heterocycles. The van der Waals surface area contributed by atoms with Crippen LogP contribution < -0.4 is 4.74 Å². The van der Waals surface area contributed by atoms with Gasteiger partial charge in [0.15, 0.2) is 5.78 Å². The summed E-state index contributed by atoms with van der Waals surface area (Å²) in [6.07, 6.45) is 5.52. The summed E-state index contributed by atoms with van der Waals surface area (Å²) in [4.78, 5) is 16.1. The third-order valence-corrected chi connectivity index (χ3v) is 7.72. The molecule has 2 aliphatic rings. The van der Waals surface area contributed by atoms with E-state index in [1.165, 1.54) is 0 Å². The predicted octanol–water partition coefficient (Wildman–Crippen LogP) is 5.48. The fourth-order valence-corrected chi connectivity index (χ4v) is 5.46. The summed E-state index contributed by atoms with van der Waals surface area (Å²) in [7, 11) is 2.14. The first kappa shape index (κ1) is 21.7. The Morgan fingerprint density at radius 1 is 1.24 bits per heavy atom. The number of rotatable bonds is 5. The van der Waals surface area contributed by atoms with Crippen LogP contribution in [0.5, 0.6) is 5.75 Å². The highest BCUT2D eigenvalue weighted by molar-refractivity contribution is 6.32. The number of nitrogens with zero attached hydrogens (tertiary/aromatic N) is 3. The summed E-state index contributed by atoms with van der Waals surface area (Å²) < 4.78 is 8.14. The topological polar surface area (TPSA) is 63.1 Å². The molecule has 0 amide bonds. The van der Waals surface area contributed by atoms with E-state index in [0.717, 1.165) is 58.4 Å². The van der Waals surface area contributed by atoms with Crippen molar-refractivity contribution in [3.05, 3.63) is 70.1 Å². The molecule has 2 atom stereocenters. The molecule has 0 spiro atoms. The number of fused-ring (bicyclic) bond motifs is 2. The number of carbonyl (C=O) groups excluding carboxylic acids is 1. The van der Waals surface area contributed by atoms with E-state index in [2.05, 4.69) is 32.8 Å². The fraction of sp³-hybridized carbons (Fsp3) is 0.308. The number of likely N-dealkylation sites (tertiary alicyclic amines) is 1. The molecule has 0 radical (unpaired) electrons. The van der Waals surface area contributed by atoms with E-state index in [1.807, 2.05) is 36.5 Å². The molecule has 6 nitrogen and oxygen atoms in total. The van der Waals surface area contributed by atoms with Gasteiger partial charge in [0.2, 0.25) is 0 Å². The molecule has 1 fully saturated rings. The number of nitrogens with one attached hydrogen (secondary N) is 1. The van der Waals surface area contributed by atoms with E-state index in [0.29, 0.717) is 29.2 Å². The van der Waals surface area contributed by atoms with Gasteiger partial charge >= 0.3 is 0 Å². The Hall–Kier alpha value is -2.80. The molecule has 2 aromatic heterocycles. The average molecular weight is 495 g/mol. The molecule has 1 N–H and O–H groups in total. The Bertz CT molecular complexity index is 1410. The Labute approximate surface area is 207 Å². The van der Waals surface area contributed by atoms with Crippen molar-refractivity contribution in [3.63, 3.8) is 0 Å². The Balaban J connectivity index is 1.39. The highest BCUT2D eigenvalue weighted by Crippen LogP contribution is 2.35. The zero-order valence-electron chi connectivity index (χ0n) is 18.7. The van der Waals surface area contributed by atoms with Crippen LogP contribution in [-0.4, -0.2) is 51.7 Å². The van der Waals surface area contributed by atoms with Crippen LogP contribution in [0.15, 0.2) is 48.8 Å². The fourth-order valence-electron chi connectivity index (χ4n) is 5.06. The van der Waals surface area contributed by atoms with Crippen LogP contribution in [0.1, 0.15) is 22.3 Å². The van der Waals surface area contributed by atoms with Crippen LogP contribution in [0, 0.1) is 5.92 Å². The molecule has 34 heavy (non-hydrogen) atoms. The minimum atomic E-state index is -0.251. The summed E-state index contributed by atoms with van der Waals surface area (Å²) in [6, 6.07) is 12.2. The summed E-state index contributed by atoms with van der Waals surface area (Å²) in [5.74, 6) is 0.662. The van der Waals surface area contributed by atoms with Gasteiger partial charge in [-0.2, -0.15) is 5.10 Å². The highest BCUT2D eigenvalue weighted by Gasteiger charge is 2.31. The number of Topliss-reactive ketones (excluding diaryl/α,β-unsaturated/α-hetero) is 1. The number of halogens is 2.